The molecule has 1 unspecified atom stereocenters. The number of nitrogens with two attached hydrogens (primary N) is 1. The fourth-order valence-electron chi connectivity index (χ4n) is 2.60. The van der Waals surface area contributed by atoms with Crippen LogP contribution in [0, 0.1) is 0 Å². The number of hydrogen-bond donors (Lipinski definition) is 1. The van der Waals surface area contributed by atoms with Gasteiger partial charge in [-0.05, 0) is 36.6 Å². The highest BCUT2D eigenvalue weighted by Crippen LogP contribution is 2.21. The van der Waals surface area contributed by atoms with E-state index in [4.69, 9.17) is 10.2 Å². The first kappa shape index (κ1) is 13.6. The molecule has 0 spiro atoms. The summed E-state index contributed by atoms with van der Waals surface area (Å²) in [6, 6.07) is 15.8. The largest absolute Gasteiger partial charge is 0.419 e. The average Bonchev–Trinajstić information content (AvgIpc) is 2.82. The second-order valence-electron chi connectivity index (χ2n) is 5.14. The Morgan fingerprint density at radius 3 is 2.67 bits per heavy atom. The topological polar surface area (TPSA) is 61.2 Å². The molecule has 3 rings (SSSR count). The highest BCUT2D eigenvalue weighted by Gasteiger charge is 2.12. The Bertz CT molecular complexity index is 803. The Hall–Kier alpha value is -2.33. The summed E-state index contributed by atoms with van der Waals surface area (Å²) >= 11 is 0. The van der Waals surface area contributed by atoms with Gasteiger partial charge in [0.15, 0.2) is 5.58 Å². The molecule has 2 aromatic carbocycles. The summed E-state index contributed by atoms with van der Waals surface area (Å²) in [5, 5.41) is 0. The van der Waals surface area contributed by atoms with E-state index in [1.165, 1.54) is 5.56 Å². The van der Waals surface area contributed by atoms with Crippen LogP contribution in [0.1, 0.15) is 24.1 Å². The van der Waals surface area contributed by atoms with Crippen LogP contribution in [0.2, 0.25) is 0 Å². The molecule has 0 aliphatic heterocycles. The number of benzene rings is 2. The monoisotopic (exact) mass is 282 g/mol. The molecule has 1 heterocycles. The molecule has 3 aromatic rings. The first-order valence-electron chi connectivity index (χ1n) is 7.12. The standard InChI is InChI=1S/C17H18N2O2/c1-2-19-15-9-8-13(11-16(15)21-17(19)20)14(18)10-12-6-4-3-5-7-12/h3-9,11,14H,2,10,18H2,1H3. The number of oxazole rings is 1. The highest BCUT2D eigenvalue weighted by molar-refractivity contribution is 5.74. The Labute approximate surface area is 122 Å². The molecule has 4 nitrogen and oxygen atoms in total. The molecular weight excluding hydrogens is 264 g/mol. The van der Waals surface area contributed by atoms with E-state index < -0.39 is 0 Å². The van der Waals surface area contributed by atoms with Crippen molar-refractivity contribution in [1.29, 1.82) is 0 Å². The lowest BCUT2D eigenvalue weighted by atomic mass is 9.99. The van der Waals surface area contributed by atoms with Gasteiger partial charge in [0.05, 0.1) is 5.52 Å². The van der Waals surface area contributed by atoms with Crippen LogP contribution in [0.15, 0.2) is 57.7 Å². The van der Waals surface area contributed by atoms with Crippen LogP contribution in [0.4, 0.5) is 0 Å². The number of hydrogen-bond acceptors (Lipinski definition) is 3. The molecule has 4 heteroatoms. The van der Waals surface area contributed by atoms with Crippen LogP contribution in [0.3, 0.4) is 0 Å². The molecule has 1 atom stereocenters. The number of aromatic nitrogens is 1. The SMILES string of the molecule is CCn1c(=O)oc2cc(C(N)Cc3ccccc3)ccc21. The van der Waals surface area contributed by atoms with Crippen LogP contribution in [-0.4, -0.2) is 4.57 Å². The van der Waals surface area contributed by atoms with Gasteiger partial charge in [0, 0.05) is 12.6 Å². The quantitative estimate of drug-likeness (QED) is 0.800. The minimum Gasteiger partial charge on any atom is -0.408 e. The van der Waals surface area contributed by atoms with Crippen molar-refractivity contribution in [2.45, 2.75) is 25.9 Å². The average molecular weight is 282 g/mol. The highest BCUT2D eigenvalue weighted by atomic mass is 16.4. The summed E-state index contributed by atoms with van der Waals surface area (Å²) in [4.78, 5) is 11.7. The lowest BCUT2D eigenvalue weighted by Gasteiger charge is -2.12. The van der Waals surface area contributed by atoms with Gasteiger partial charge < -0.3 is 10.2 Å². The minimum absolute atomic E-state index is 0.118. The molecule has 0 saturated carbocycles. The molecule has 2 N–H and O–H groups in total. The maximum atomic E-state index is 11.7. The van der Waals surface area contributed by atoms with Gasteiger partial charge in [0.25, 0.3) is 0 Å². The molecule has 0 saturated heterocycles. The van der Waals surface area contributed by atoms with Gasteiger partial charge in [-0.15, -0.1) is 0 Å². The van der Waals surface area contributed by atoms with E-state index in [0.717, 1.165) is 17.5 Å². The number of aryl methyl sites for hydroxylation is 1. The number of fused-ring (bicyclic) bond motifs is 1. The van der Waals surface area contributed by atoms with Gasteiger partial charge >= 0.3 is 5.76 Å². The van der Waals surface area contributed by atoms with Gasteiger partial charge in [-0.1, -0.05) is 36.4 Å². The number of rotatable bonds is 4. The van der Waals surface area contributed by atoms with Crippen LogP contribution >= 0.6 is 0 Å². The second-order valence-corrected chi connectivity index (χ2v) is 5.14. The van der Waals surface area contributed by atoms with E-state index >= 15 is 0 Å². The van der Waals surface area contributed by atoms with E-state index in [1.54, 1.807) is 4.57 Å². The molecule has 21 heavy (non-hydrogen) atoms. The molecule has 0 radical (unpaired) electrons. The zero-order chi connectivity index (χ0) is 14.8. The normalized spacial score (nSPS) is 12.7. The van der Waals surface area contributed by atoms with E-state index in [1.807, 2.05) is 43.3 Å². The number of nitrogens with zero attached hydrogens (tertiary/aromatic N) is 1. The van der Waals surface area contributed by atoms with Gasteiger partial charge in [-0.25, -0.2) is 4.79 Å². The molecule has 0 bridgehead atoms. The first-order chi connectivity index (χ1) is 10.2. The summed E-state index contributed by atoms with van der Waals surface area (Å²) in [6.45, 7) is 2.52. The van der Waals surface area contributed by atoms with Crippen LogP contribution in [0.5, 0.6) is 0 Å². The van der Waals surface area contributed by atoms with E-state index in [9.17, 15) is 4.79 Å². The van der Waals surface area contributed by atoms with Crippen molar-refractivity contribution >= 4 is 11.1 Å². The first-order valence-corrected chi connectivity index (χ1v) is 7.12. The summed E-state index contributed by atoms with van der Waals surface area (Å²) in [5.74, 6) is -0.318. The smallest absolute Gasteiger partial charge is 0.408 e. The molecule has 0 aliphatic carbocycles. The molecule has 0 amide bonds. The van der Waals surface area contributed by atoms with E-state index in [2.05, 4.69) is 12.1 Å². The summed E-state index contributed by atoms with van der Waals surface area (Å²) in [6.07, 6.45) is 0.755. The second kappa shape index (κ2) is 5.58. The Morgan fingerprint density at radius 1 is 1.19 bits per heavy atom. The summed E-state index contributed by atoms with van der Waals surface area (Å²) in [5.41, 5.74) is 9.85. The third kappa shape index (κ3) is 2.62. The van der Waals surface area contributed by atoms with E-state index in [-0.39, 0.29) is 11.8 Å². The fraction of sp³-hybridized carbons (Fsp3) is 0.235. The lowest BCUT2D eigenvalue weighted by molar-refractivity contribution is 0.512. The van der Waals surface area contributed by atoms with Crippen molar-refractivity contribution in [3.8, 4) is 0 Å². The minimum atomic E-state index is -0.318. The van der Waals surface area contributed by atoms with Gasteiger partial charge in [-0.2, -0.15) is 0 Å². The van der Waals surface area contributed by atoms with Crippen LogP contribution < -0.4 is 11.5 Å². The van der Waals surface area contributed by atoms with Gasteiger partial charge in [0.1, 0.15) is 0 Å². The van der Waals surface area contributed by atoms with Gasteiger partial charge in [0.2, 0.25) is 0 Å². The Balaban J connectivity index is 1.92. The maximum Gasteiger partial charge on any atom is 0.419 e. The molecule has 108 valence electrons. The molecule has 0 fully saturated rings. The van der Waals surface area contributed by atoms with Crippen molar-refractivity contribution in [3.63, 3.8) is 0 Å². The summed E-state index contributed by atoms with van der Waals surface area (Å²) < 4.78 is 6.90. The third-order valence-corrected chi connectivity index (χ3v) is 3.74. The zero-order valence-electron chi connectivity index (χ0n) is 12.0. The molecule has 0 aliphatic rings. The van der Waals surface area contributed by atoms with Crippen molar-refractivity contribution in [2.75, 3.05) is 0 Å². The Kier molecular flexibility index (Phi) is 3.62. The lowest BCUT2D eigenvalue weighted by Crippen LogP contribution is -2.13. The van der Waals surface area contributed by atoms with E-state index in [0.29, 0.717) is 12.1 Å². The van der Waals surface area contributed by atoms with Crippen molar-refractivity contribution in [1.82, 2.24) is 4.57 Å². The molecule has 1 aromatic heterocycles. The van der Waals surface area contributed by atoms with Crippen molar-refractivity contribution in [2.24, 2.45) is 5.73 Å². The van der Waals surface area contributed by atoms with Gasteiger partial charge in [-0.3, -0.25) is 4.57 Å². The van der Waals surface area contributed by atoms with Crippen LogP contribution in [-0.2, 0) is 13.0 Å². The van der Waals surface area contributed by atoms with Crippen molar-refractivity contribution < 1.29 is 4.42 Å². The summed E-state index contributed by atoms with van der Waals surface area (Å²) in [7, 11) is 0. The fourth-order valence-corrected chi connectivity index (χ4v) is 2.60. The predicted molar refractivity (Wildman–Crippen MR) is 83.2 cm³/mol. The van der Waals surface area contributed by atoms with Crippen LogP contribution in [0.25, 0.3) is 11.1 Å². The molecular formula is C17H18N2O2. The zero-order valence-corrected chi connectivity index (χ0v) is 12.0. The third-order valence-electron chi connectivity index (χ3n) is 3.74. The van der Waals surface area contributed by atoms with Crippen molar-refractivity contribution in [3.05, 3.63) is 70.2 Å². The predicted octanol–water partition coefficient (Wildman–Crippen LogP) is 2.86. The Morgan fingerprint density at radius 2 is 1.95 bits per heavy atom. The maximum absolute atomic E-state index is 11.7.